The van der Waals surface area contributed by atoms with Crippen molar-refractivity contribution in [2.24, 2.45) is 5.92 Å². The van der Waals surface area contributed by atoms with Crippen LogP contribution in [0.4, 0.5) is 5.82 Å². The number of hydrogen-bond acceptors (Lipinski definition) is 4. The summed E-state index contributed by atoms with van der Waals surface area (Å²) in [5, 5.41) is 6.34. The number of halogens is 1. The van der Waals surface area contributed by atoms with Gasteiger partial charge < -0.3 is 10.6 Å². The molecule has 0 unspecified atom stereocenters. The molecule has 0 bridgehead atoms. The predicted octanol–water partition coefficient (Wildman–Crippen LogP) is 1.46. The molecule has 0 spiro atoms. The van der Waals surface area contributed by atoms with Crippen LogP contribution in [0.3, 0.4) is 0 Å². The van der Waals surface area contributed by atoms with Gasteiger partial charge in [-0.05, 0) is 31.8 Å². The number of nitrogens with zero attached hydrogens (tertiary/aromatic N) is 2. The largest absolute Gasteiger partial charge is 0.317 e. The van der Waals surface area contributed by atoms with Crippen LogP contribution in [0.1, 0.15) is 19.3 Å². The highest BCUT2D eigenvalue weighted by Crippen LogP contribution is 2.17. The van der Waals surface area contributed by atoms with Gasteiger partial charge in [0.1, 0.15) is 17.3 Å². The molecule has 1 aliphatic rings. The van der Waals surface area contributed by atoms with E-state index in [0.29, 0.717) is 23.3 Å². The van der Waals surface area contributed by atoms with Gasteiger partial charge in [-0.3, -0.25) is 4.79 Å². The molecule has 92 valence electrons. The fraction of sp³-hybridized carbons (Fsp3) is 0.545. The molecule has 0 saturated carbocycles. The molecule has 6 heteroatoms. The third-order valence-corrected chi connectivity index (χ3v) is 3.04. The van der Waals surface area contributed by atoms with Crippen molar-refractivity contribution in [3.05, 3.63) is 17.5 Å². The van der Waals surface area contributed by atoms with Gasteiger partial charge in [-0.25, -0.2) is 9.97 Å². The maximum atomic E-state index is 11.8. The van der Waals surface area contributed by atoms with Crippen LogP contribution < -0.4 is 10.6 Å². The number of anilines is 1. The predicted molar refractivity (Wildman–Crippen MR) is 65.9 cm³/mol. The number of carbonyl (C=O) groups excluding carboxylic acids is 1. The standard InChI is InChI=1S/C11H15ClN4O/c12-9-6-10(15-7-14-9)16-11(17)5-8-1-3-13-4-2-8/h6-8,13H,1-5H2,(H,14,15,16,17). The quantitative estimate of drug-likeness (QED) is 0.802. The van der Waals surface area contributed by atoms with Crippen LogP contribution in [-0.2, 0) is 4.79 Å². The molecule has 2 N–H and O–H groups in total. The monoisotopic (exact) mass is 254 g/mol. The summed E-state index contributed by atoms with van der Waals surface area (Å²) in [5.41, 5.74) is 0. The molecule has 0 radical (unpaired) electrons. The smallest absolute Gasteiger partial charge is 0.225 e. The van der Waals surface area contributed by atoms with Gasteiger partial charge in [-0.15, -0.1) is 0 Å². The van der Waals surface area contributed by atoms with Gasteiger partial charge in [0.15, 0.2) is 0 Å². The van der Waals surface area contributed by atoms with E-state index in [2.05, 4.69) is 20.6 Å². The highest BCUT2D eigenvalue weighted by atomic mass is 35.5. The Labute approximate surface area is 105 Å². The first-order valence-electron chi connectivity index (χ1n) is 5.72. The number of rotatable bonds is 3. The van der Waals surface area contributed by atoms with E-state index in [1.165, 1.54) is 6.33 Å². The Morgan fingerprint density at radius 1 is 1.47 bits per heavy atom. The van der Waals surface area contributed by atoms with Crippen LogP contribution in [0, 0.1) is 5.92 Å². The van der Waals surface area contributed by atoms with Gasteiger partial charge in [-0.1, -0.05) is 11.6 Å². The molecular weight excluding hydrogens is 240 g/mol. The van der Waals surface area contributed by atoms with Gasteiger partial charge in [0.05, 0.1) is 0 Å². The molecule has 1 aromatic heterocycles. The summed E-state index contributed by atoms with van der Waals surface area (Å²) in [6.45, 7) is 1.99. The van der Waals surface area contributed by atoms with Crippen LogP contribution in [-0.4, -0.2) is 29.0 Å². The zero-order valence-electron chi connectivity index (χ0n) is 9.45. The van der Waals surface area contributed by atoms with Crippen molar-refractivity contribution in [1.82, 2.24) is 15.3 Å². The lowest BCUT2D eigenvalue weighted by Crippen LogP contribution is -2.30. The number of aromatic nitrogens is 2. The van der Waals surface area contributed by atoms with E-state index in [-0.39, 0.29) is 5.91 Å². The third kappa shape index (κ3) is 3.94. The fourth-order valence-corrected chi connectivity index (χ4v) is 2.09. The van der Waals surface area contributed by atoms with E-state index >= 15 is 0 Å². The van der Waals surface area contributed by atoms with Crippen LogP contribution in [0.2, 0.25) is 5.15 Å². The first-order valence-corrected chi connectivity index (χ1v) is 6.10. The van der Waals surface area contributed by atoms with Crippen molar-refractivity contribution in [2.75, 3.05) is 18.4 Å². The lowest BCUT2D eigenvalue weighted by atomic mass is 9.94. The van der Waals surface area contributed by atoms with E-state index in [1.54, 1.807) is 6.07 Å². The van der Waals surface area contributed by atoms with Crippen molar-refractivity contribution in [2.45, 2.75) is 19.3 Å². The molecule has 1 aliphatic heterocycles. The van der Waals surface area contributed by atoms with Crippen molar-refractivity contribution in [3.8, 4) is 0 Å². The van der Waals surface area contributed by atoms with Crippen molar-refractivity contribution in [3.63, 3.8) is 0 Å². The summed E-state index contributed by atoms with van der Waals surface area (Å²) in [6.07, 6.45) is 3.99. The molecule has 5 nitrogen and oxygen atoms in total. The third-order valence-electron chi connectivity index (χ3n) is 2.83. The summed E-state index contributed by atoms with van der Waals surface area (Å²) in [6, 6.07) is 1.54. The summed E-state index contributed by atoms with van der Waals surface area (Å²) >= 11 is 5.71. The molecule has 1 fully saturated rings. The van der Waals surface area contributed by atoms with Crippen molar-refractivity contribution >= 4 is 23.3 Å². The Morgan fingerprint density at radius 3 is 2.94 bits per heavy atom. The number of nitrogens with one attached hydrogen (secondary N) is 2. The van der Waals surface area contributed by atoms with Gasteiger partial charge in [0.25, 0.3) is 0 Å². The van der Waals surface area contributed by atoms with Gasteiger partial charge in [0.2, 0.25) is 5.91 Å². The highest BCUT2D eigenvalue weighted by molar-refractivity contribution is 6.29. The topological polar surface area (TPSA) is 66.9 Å². The Balaban J connectivity index is 1.84. The summed E-state index contributed by atoms with van der Waals surface area (Å²) in [4.78, 5) is 19.4. The van der Waals surface area contributed by atoms with Crippen LogP contribution >= 0.6 is 11.6 Å². The zero-order chi connectivity index (χ0) is 12.1. The molecule has 0 aromatic carbocycles. The second-order valence-corrected chi connectivity index (χ2v) is 4.56. The van der Waals surface area contributed by atoms with E-state index in [0.717, 1.165) is 25.9 Å². The summed E-state index contributed by atoms with van der Waals surface area (Å²) in [5.74, 6) is 0.921. The van der Waals surface area contributed by atoms with Crippen LogP contribution in [0.25, 0.3) is 0 Å². The minimum absolute atomic E-state index is 0.00772. The summed E-state index contributed by atoms with van der Waals surface area (Å²) < 4.78 is 0. The second-order valence-electron chi connectivity index (χ2n) is 4.17. The normalized spacial score (nSPS) is 16.8. The lowest BCUT2D eigenvalue weighted by Gasteiger charge is -2.21. The Hall–Kier alpha value is -1.20. The number of amides is 1. The second kappa shape index (κ2) is 5.93. The number of piperidine rings is 1. The van der Waals surface area contributed by atoms with Crippen molar-refractivity contribution in [1.29, 1.82) is 0 Å². The molecule has 0 atom stereocenters. The van der Waals surface area contributed by atoms with Crippen molar-refractivity contribution < 1.29 is 4.79 Å². The maximum Gasteiger partial charge on any atom is 0.225 e. The fourth-order valence-electron chi connectivity index (χ4n) is 1.94. The molecule has 1 amide bonds. The molecule has 17 heavy (non-hydrogen) atoms. The van der Waals surface area contributed by atoms with E-state index in [4.69, 9.17) is 11.6 Å². The van der Waals surface area contributed by atoms with Gasteiger partial charge >= 0.3 is 0 Å². The molecule has 1 saturated heterocycles. The van der Waals surface area contributed by atoms with E-state index < -0.39 is 0 Å². The molecule has 0 aliphatic carbocycles. The SMILES string of the molecule is O=C(CC1CCNCC1)Nc1cc(Cl)ncn1. The number of hydrogen-bond donors (Lipinski definition) is 2. The van der Waals surface area contributed by atoms with Gasteiger partial charge in [0, 0.05) is 12.5 Å². The first-order chi connectivity index (χ1) is 8.24. The molecule has 2 heterocycles. The Morgan fingerprint density at radius 2 is 2.24 bits per heavy atom. The first kappa shape index (κ1) is 12.3. The molecule has 1 aromatic rings. The average Bonchev–Trinajstić information content (AvgIpc) is 2.30. The van der Waals surface area contributed by atoms with E-state index in [1.807, 2.05) is 0 Å². The summed E-state index contributed by atoms with van der Waals surface area (Å²) in [7, 11) is 0. The minimum atomic E-state index is -0.00772. The number of carbonyl (C=O) groups is 1. The average molecular weight is 255 g/mol. The Kier molecular flexibility index (Phi) is 4.28. The minimum Gasteiger partial charge on any atom is -0.317 e. The molecule has 2 rings (SSSR count). The Bertz CT molecular complexity index is 393. The van der Waals surface area contributed by atoms with Gasteiger partial charge in [-0.2, -0.15) is 0 Å². The zero-order valence-corrected chi connectivity index (χ0v) is 10.2. The van der Waals surface area contributed by atoms with Crippen LogP contribution in [0.15, 0.2) is 12.4 Å². The maximum absolute atomic E-state index is 11.8. The van der Waals surface area contributed by atoms with E-state index in [9.17, 15) is 4.79 Å². The molecular formula is C11H15ClN4O. The highest BCUT2D eigenvalue weighted by Gasteiger charge is 2.16. The lowest BCUT2D eigenvalue weighted by molar-refractivity contribution is -0.117. The van der Waals surface area contributed by atoms with Crippen LogP contribution in [0.5, 0.6) is 0 Å².